The van der Waals surface area contributed by atoms with Crippen LogP contribution < -0.4 is 0 Å². The summed E-state index contributed by atoms with van der Waals surface area (Å²) < 4.78 is 4.77. The van der Waals surface area contributed by atoms with Crippen molar-refractivity contribution < 1.29 is 0 Å². The SMILES string of the molecule is N#Cc1ccccc1-c1ccc2c(c1)c1ccccc1n2-c1ccc(-c2cc(-c3ccccc3)nc(-c3ccccc3)n2)cc1-c1cccc(-n2c3ccccc3c3ccccc32)c1. The number of nitriles is 1. The summed E-state index contributed by atoms with van der Waals surface area (Å²) in [6.45, 7) is 0. The number of rotatable bonds is 7. The predicted octanol–water partition coefficient (Wildman–Crippen LogP) is 14.9. The lowest BCUT2D eigenvalue weighted by atomic mass is 9.97. The molecule has 3 heterocycles. The lowest BCUT2D eigenvalue weighted by Gasteiger charge is -2.18. The normalized spacial score (nSPS) is 11.4. The molecular weight excluding hydrogens is 779 g/mol. The second-order valence-electron chi connectivity index (χ2n) is 16.1. The summed E-state index contributed by atoms with van der Waals surface area (Å²) in [7, 11) is 0. The lowest BCUT2D eigenvalue weighted by molar-refractivity contribution is 1.16. The Hall–Kier alpha value is -8.85. The Morgan fingerprint density at radius 1 is 0.344 bits per heavy atom. The van der Waals surface area contributed by atoms with E-state index in [1.54, 1.807) is 0 Å². The van der Waals surface area contributed by atoms with E-state index in [9.17, 15) is 5.26 Å². The maximum absolute atomic E-state index is 10.0. The first kappa shape index (κ1) is 37.0. The zero-order valence-corrected chi connectivity index (χ0v) is 34.6. The smallest absolute Gasteiger partial charge is 0.160 e. The second-order valence-corrected chi connectivity index (χ2v) is 16.1. The summed E-state index contributed by atoms with van der Waals surface area (Å²) in [5, 5.41) is 14.7. The first-order valence-electron chi connectivity index (χ1n) is 21.5. The van der Waals surface area contributed by atoms with E-state index in [1.165, 1.54) is 10.8 Å². The van der Waals surface area contributed by atoms with E-state index in [0.717, 1.165) is 94.5 Å². The largest absolute Gasteiger partial charge is 0.309 e. The third-order valence-corrected chi connectivity index (χ3v) is 12.4. The average molecular weight is 816 g/mol. The van der Waals surface area contributed by atoms with E-state index in [4.69, 9.17) is 9.97 Å². The van der Waals surface area contributed by atoms with Crippen molar-refractivity contribution in [2.75, 3.05) is 0 Å². The van der Waals surface area contributed by atoms with Crippen LogP contribution in [0.1, 0.15) is 5.56 Å². The molecule has 0 aliphatic rings. The summed E-state index contributed by atoms with van der Waals surface area (Å²) in [6.07, 6.45) is 0. The van der Waals surface area contributed by atoms with Crippen LogP contribution >= 0.6 is 0 Å². The Labute approximate surface area is 370 Å². The molecule has 0 saturated heterocycles. The Morgan fingerprint density at radius 3 is 1.58 bits per heavy atom. The molecule has 0 saturated carbocycles. The molecule has 12 rings (SSSR count). The maximum atomic E-state index is 10.0. The van der Waals surface area contributed by atoms with E-state index >= 15 is 0 Å². The molecule has 5 nitrogen and oxygen atoms in total. The number of para-hydroxylation sites is 3. The fourth-order valence-electron chi connectivity index (χ4n) is 9.44. The first-order valence-corrected chi connectivity index (χ1v) is 21.5. The molecular formula is C59H37N5. The zero-order chi connectivity index (χ0) is 42.6. The first-order chi connectivity index (χ1) is 31.7. The van der Waals surface area contributed by atoms with E-state index in [2.05, 4.69) is 179 Å². The van der Waals surface area contributed by atoms with Gasteiger partial charge in [0.15, 0.2) is 5.82 Å². The van der Waals surface area contributed by atoms with Gasteiger partial charge in [-0.3, -0.25) is 0 Å². The standard InChI is InChI=1S/C59H37N5/c60-38-44-20-7-8-23-46(44)42-30-32-58-51(35-42)49-26-11-14-29-56(49)64(58)57-33-31-43(53-37-52(39-16-3-1-4-17-39)61-59(62-53)40-18-5-2-6-19-40)36-50(57)41-21-15-22-45(34-41)63-54-27-12-9-24-47(54)48-25-10-13-28-55(48)63/h1-37H. The number of hydrogen-bond acceptors (Lipinski definition) is 3. The van der Waals surface area contributed by atoms with Gasteiger partial charge in [-0.25, -0.2) is 9.97 Å². The maximum Gasteiger partial charge on any atom is 0.160 e. The molecule has 9 aromatic carbocycles. The van der Waals surface area contributed by atoms with Gasteiger partial charge in [-0.2, -0.15) is 5.26 Å². The summed E-state index contributed by atoms with van der Waals surface area (Å²) >= 11 is 0. The van der Waals surface area contributed by atoms with Gasteiger partial charge in [0.2, 0.25) is 0 Å². The minimum Gasteiger partial charge on any atom is -0.309 e. The van der Waals surface area contributed by atoms with Crippen molar-refractivity contribution in [2.24, 2.45) is 0 Å². The molecule has 0 aliphatic heterocycles. The van der Waals surface area contributed by atoms with Gasteiger partial charge in [-0.1, -0.05) is 158 Å². The van der Waals surface area contributed by atoms with Gasteiger partial charge in [-0.15, -0.1) is 0 Å². The quantitative estimate of drug-likeness (QED) is 0.161. The van der Waals surface area contributed by atoms with Crippen LogP contribution in [-0.2, 0) is 0 Å². The van der Waals surface area contributed by atoms with Crippen molar-refractivity contribution in [1.82, 2.24) is 19.1 Å². The zero-order valence-electron chi connectivity index (χ0n) is 34.6. The van der Waals surface area contributed by atoms with Crippen LogP contribution in [0.5, 0.6) is 0 Å². The van der Waals surface area contributed by atoms with Crippen molar-refractivity contribution in [3.8, 4) is 73.6 Å². The third-order valence-electron chi connectivity index (χ3n) is 12.4. The Bertz CT molecular complexity index is 3690. The van der Waals surface area contributed by atoms with Gasteiger partial charge in [0.1, 0.15) is 0 Å². The number of nitrogens with zero attached hydrogens (tertiary/aromatic N) is 5. The van der Waals surface area contributed by atoms with Gasteiger partial charge in [0, 0.05) is 49.5 Å². The number of fused-ring (bicyclic) bond motifs is 6. The lowest BCUT2D eigenvalue weighted by Crippen LogP contribution is -2.00. The van der Waals surface area contributed by atoms with Crippen LogP contribution in [0.15, 0.2) is 224 Å². The van der Waals surface area contributed by atoms with Crippen LogP contribution in [0, 0.1) is 11.3 Å². The van der Waals surface area contributed by atoms with Gasteiger partial charge in [-0.05, 0) is 83.4 Å². The molecule has 0 fully saturated rings. The van der Waals surface area contributed by atoms with Gasteiger partial charge < -0.3 is 9.13 Å². The number of aromatic nitrogens is 4. The third kappa shape index (κ3) is 6.16. The van der Waals surface area contributed by atoms with E-state index < -0.39 is 0 Å². The van der Waals surface area contributed by atoms with Gasteiger partial charge >= 0.3 is 0 Å². The molecule has 298 valence electrons. The molecule has 0 bridgehead atoms. The van der Waals surface area contributed by atoms with Crippen molar-refractivity contribution in [3.63, 3.8) is 0 Å². The molecule has 0 atom stereocenters. The highest BCUT2D eigenvalue weighted by molar-refractivity contribution is 6.12. The minimum absolute atomic E-state index is 0.655. The molecule has 0 unspecified atom stereocenters. The van der Waals surface area contributed by atoms with E-state index in [1.807, 2.05) is 60.7 Å². The van der Waals surface area contributed by atoms with Crippen LogP contribution in [0.25, 0.3) is 111 Å². The summed E-state index contributed by atoms with van der Waals surface area (Å²) in [5.41, 5.74) is 16.0. The summed E-state index contributed by atoms with van der Waals surface area (Å²) in [4.78, 5) is 10.4. The van der Waals surface area contributed by atoms with Crippen LogP contribution in [-0.4, -0.2) is 19.1 Å². The molecule has 5 heteroatoms. The molecule has 0 radical (unpaired) electrons. The van der Waals surface area contributed by atoms with E-state index in [0.29, 0.717) is 11.4 Å². The Kier molecular flexibility index (Phi) is 8.81. The predicted molar refractivity (Wildman–Crippen MR) is 263 cm³/mol. The van der Waals surface area contributed by atoms with Crippen LogP contribution in [0.2, 0.25) is 0 Å². The highest BCUT2D eigenvalue weighted by atomic mass is 15.0. The van der Waals surface area contributed by atoms with Crippen molar-refractivity contribution in [2.45, 2.75) is 0 Å². The molecule has 64 heavy (non-hydrogen) atoms. The highest BCUT2D eigenvalue weighted by Crippen LogP contribution is 2.41. The fourth-order valence-corrected chi connectivity index (χ4v) is 9.44. The molecule has 0 aliphatic carbocycles. The molecule has 0 spiro atoms. The Balaban J connectivity index is 1.12. The van der Waals surface area contributed by atoms with Crippen LogP contribution in [0.3, 0.4) is 0 Å². The number of benzene rings is 9. The van der Waals surface area contributed by atoms with Gasteiger partial charge in [0.25, 0.3) is 0 Å². The molecule has 0 N–H and O–H groups in total. The Morgan fingerprint density at radius 2 is 0.875 bits per heavy atom. The van der Waals surface area contributed by atoms with Crippen molar-refractivity contribution in [1.29, 1.82) is 5.26 Å². The van der Waals surface area contributed by atoms with Gasteiger partial charge in [0.05, 0.1) is 50.8 Å². The van der Waals surface area contributed by atoms with Crippen molar-refractivity contribution >= 4 is 43.6 Å². The fraction of sp³-hybridized carbons (Fsp3) is 0. The second kappa shape index (κ2) is 15.3. The summed E-state index contributed by atoms with van der Waals surface area (Å²) in [6, 6.07) is 81.0. The van der Waals surface area contributed by atoms with Crippen LogP contribution in [0.4, 0.5) is 0 Å². The topological polar surface area (TPSA) is 59.4 Å². The molecule has 0 amide bonds. The van der Waals surface area contributed by atoms with E-state index in [-0.39, 0.29) is 0 Å². The average Bonchev–Trinajstić information content (AvgIpc) is 3.89. The van der Waals surface area contributed by atoms with Crippen molar-refractivity contribution in [3.05, 3.63) is 230 Å². The monoisotopic (exact) mass is 815 g/mol. The minimum atomic E-state index is 0.655. The molecule has 3 aromatic heterocycles. The number of hydrogen-bond donors (Lipinski definition) is 0. The summed E-state index contributed by atoms with van der Waals surface area (Å²) in [5.74, 6) is 0.673. The molecule has 12 aromatic rings. The highest BCUT2D eigenvalue weighted by Gasteiger charge is 2.20.